The van der Waals surface area contributed by atoms with Crippen LogP contribution in [0.5, 0.6) is 0 Å². The van der Waals surface area contributed by atoms with Crippen LogP contribution in [-0.2, 0) is 21.1 Å². The molecule has 1 heterocycles. The van der Waals surface area contributed by atoms with Gasteiger partial charge in [-0.1, -0.05) is 32.9 Å². The Morgan fingerprint density at radius 3 is 2.44 bits per heavy atom. The van der Waals surface area contributed by atoms with Gasteiger partial charge in [-0.05, 0) is 36.0 Å². The number of hydrogen-bond acceptors (Lipinski definition) is 4. The molecule has 0 amide bonds. The van der Waals surface area contributed by atoms with Crippen LogP contribution in [0.2, 0.25) is 0 Å². The fraction of sp³-hybridized carbons (Fsp3) is 0.650. The fourth-order valence-corrected chi connectivity index (χ4v) is 4.13. The van der Waals surface area contributed by atoms with Crippen LogP contribution < -0.4 is 10.6 Å². The molecule has 1 aliphatic rings. The van der Waals surface area contributed by atoms with E-state index in [0.29, 0.717) is 17.4 Å². The van der Waals surface area contributed by atoms with E-state index in [1.807, 2.05) is 12.1 Å². The summed E-state index contributed by atoms with van der Waals surface area (Å²) in [7, 11) is -1.41. The Hall–Kier alpha value is -1.60. The number of nitrogens with one attached hydrogen (secondary N) is 2. The molecule has 0 aliphatic carbocycles. The zero-order valence-electron chi connectivity index (χ0n) is 17.1. The minimum atomic E-state index is -3.16. The molecule has 1 saturated heterocycles. The molecule has 1 fully saturated rings. The number of nitrogens with zero attached hydrogens (tertiary/aromatic N) is 1. The lowest BCUT2D eigenvalue weighted by molar-refractivity contribution is -0.0835. The summed E-state index contributed by atoms with van der Waals surface area (Å²) in [6.45, 7) is 8.91. The fourth-order valence-electron chi connectivity index (χ4n) is 3.50. The van der Waals surface area contributed by atoms with E-state index in [9.17, 15) is 8.42 Å². The average molecular weight is 396 g/mol. The Bertz CT molecular complexity index is 737. The predicted octanol–water partition coefficient (Wildman–Crippen LogP) is 2.60. The SMILES string of the molecule is CN=C(NCc1ccc(S(C)(=O)=O)cc1)NCC1CCCOC1C(C)(C)C. The number of sulfone groups is 1. The van der Waals surface area contributed by atoms with E-state index in [2.05, 4.69) is 36.4 Å². The highest BCUT2D eigenvalue weighted by Gasteiger charge is 2.35. The summed E-state index contributed by atoms with van der Waals surface area (Å²) in [6.07, 6.45) is 3.70. The summed E-state index contributed by atoms with van der Waals surface area (Å²) in [5.41, 5.74) is 1.12. The molecule has 1 aliphatic heterocycles. The molecule has 0 saturated carbocycles. The summed E-state index contributed by atoms with van der Waals surface area (Å²) in [5.74, 6) is 1.19. The van der Waals surface area contributed by atoms with Crippen molar-refractivity contribution in [2.75, 3.05) is 26.5 Å². The van der Waals surface area contributed by atoms with Gasteiger partial charge in [-0.25, -0.2) is 8.42 Å². The molecule has 2 rings (SSSR count). The smallest absolute Gasteiger partial charge is 0.191 e. The van der Waals surface area contributed by atoms with E-state index in [1.54, 1.807) is 19.2 Å². The van der Waals surface area contributed by atoms with Crippen LogP contribution in [0.3, 0.4) is 0 Å². The van der Waals surface area contributed by atoms with Crippen LogP contribution in [-0.4, -0.2) is 46.9 Å². The normalized spacial score (nSPS) is 21.7. The predicted molar refractivity (Wildman–Crippen MR) is 110 cm³/mol. The molecular weight excluding hydrogens is 362 g/mol. The van der Waals surface area contributed by atoms with Crippen LogP contribution in [0.25, 0.3) is 0 Å². The van der Waals surface area contributed by atoms with E-state index < -0.39 is 9.84 Å². The van der Waals surface area contributed by atoms with Gasteiger partial charge in [-0.3, -0.25) is 4.99 Å². The van der Waals surface area contributed by atoms with E-state index in [-0.39, 0.29) is 11.5 Å². The minimum absolute atomic E-state index is 0.116. The molecule has 2 N–H and O–H groups in total. The molecule has 7 heteroatoms. The van der Waals surface area contributed by atoms with Crippen molar-refractivity contribution < 1.29 is 13.2 Å². The van der Waals surface area contributed by atoms with Gasteiger partial charge in [0.25, 0.3) is 0 Å². The number of benzene rings is 1. The van der Waals surface area contributed by atoms with Gasteiger partial charge in [-0.2, -0.15) is 0 Å². The lowest BCUT2D eigenvalue weighted by atomic mass is 9.78. The second-order valence-corrected chi connectivity index (χ2v) is 10.3. The van der Waals surface area contributed by atoms with Gasteiger partial charge in [0.1, 0.15) is 0 Å². The van der Waals surface area contributed by atoms with Crippen molar-refractivity contribution in [2.45, 2.75) is 51.2 Å². The van der Waals surface area contributed by atoms with E-state index in [1.165, 1.54) is 6.26 Å². The van der Waals surface area contributed by atoms with Crippen molar-refractivity contribution in [2.24, 2.45) is 16.3 Å². The van der Waals surface area contributed by atoms with Crippen molar-refractivity contribution >= 4 is 15.8 Å². The standard InChI is InChI=1S/C20H33N3O3S/c1-20(2,3)18-16(7-6-12-26-18)14-23-19(21-4)22-13-15-8-10-17(11-9-15)27(5,24)25/h8-11,16,18H,6-7,12-14H2,1-5H3,(H2,21,22,23). The van der Waals surface area contributed by atoms with Gasteiger partial charge in [0, 0.05) is 38.9 Å². The lowest BCUT2D eigenvalue weighted by Gasteiger charge is -2.40. The molecule has 0 aromatic heterocycles. The van der Waals surface area contributed by atoms with Crippen molar-refractivity contribution in [3.63, 3.8) is 0 Å². The molecule has 0 bridgehead atoms. The number of rotatable bonds is 5. The number of guanidine groups is 1. The van der Waals surface area contributed by atoms with Crippen molar-refractivity contribution in [3.8, 4) is 0 Å². The summed E-state index contributed by atoms with van der Waals surface area (Å²) in [4.78, 5) is 4.62. The number of ether oxygens (including phenoxy) is 1. The second-order valence-electron chi connectivity index (χ2n) is 8.28. The van der Waals surface area contributed by atoms with E-state index in [0.717, 1.165) is 37.5 Å². The van der Waals surface area contributed by atoms with Crippen LogP contribution in [0.15, 0.2) is 34.2 Å². The van der Waals surface area contributed by atoms with Crippen molar-refractivity contribution in [3.05, 3.63) is 29.8 Å². The zero-order valence-corrected chi connectivity index (χ0v) is 17.9. The largest absolute Gasteiger partial charge is 0.377 e. The van der Waals surface area contributed by atoms with Gasteiger partial charge in [0.05, 0.1) is 11.0 Å². The number of aliphatic imine (C=N–C) groups is 1. The topological polar surface area (TPSA) is 79.8 Å². The highest BCUT2D eigenvalue weighted by Crippen LogP contribution is 2.33. The molecule has 6 nitrogen and oxygen atoms in total. The van der Waals surface area contributed by atoms with Gasteiger partial charge >= 0.3 is 0 Å². The maximum absolute atomic E-state index is 11.5. The summed E-state index contributed by atoms with van der Waals surface area (Å²) in [6, 6.07) is 6.91. The summed E-state index contributed by atoms with van der Waals surface area (Å²) >= 11 is 0. The third-order valence-corrected chi connectivity index (χ3v) is 5.99. The van der Waals surface area contributed by atoms with Crippen molar-refractivity contribution in [1.29, 1.82) is 0 Å². The molecule has 0 radical (unpaired) electrons. The van der Waals surface area contributed by atoms with Gasteiger partial charge < -0.3 is 15.4 Å². The third-order valence-electron chi connectivity index (χ3n) is 4.87. The maximum Gasteiger partial charge on any atom is 0.191 e. The first-order valence-electron chi connectivity index (χ1n) is 9.46. The highest BCUT2D eigenvalue weighted by atomic mass is 32.2. The number of hydrogen-bond donors (Lipinski definition) is 2. The lowest BCUT2D eigenvalue weighted by Crippen LogP contribution is -2.47. The average Bonchev–Trinajstić information content (AvgIpc) is 2.61. The Balaban J connectivity index is 1.88. The summed E-state index contributed by atoms with van der Waals surface area (Å²) in [5, 5.41) is 6.70. The maximum atomic E-state index is 11.5. The molecule has 1 aromatic rings. The van der Waals surface area contributed by atoms with Crippen LogP contribution in [0.1, 0.15) is 39.2 Å². The van der Waals surface area contributed by atoms with E-state index in [4.69, 9.17) is 4.74 Å². The Morgan fingerprint density at radius 1 is 1.22 bits per heavy atom. The second kappa shape index (κ2) is 9.06. The Kier molecular flexibility index (Phi) is 7.28. The quantitative estimate of drug-likeness (QED) is 0.592. The monoisotopic (exact) mass is 395 g/mol. The molecule has 1 aromatic carbocycles. The Labute approximate surface area is 163 Å². The van der Waals surface area contributed by atoms with Crippen LogP contribution in [0.4, 0.5) is 0 Å². The van der Waals surface area contributed by atoms with Gasteiger partial charge in [0.2, 0.25) is 0 Å². The first kappa shape index (κ1) is 21.7. The minimum Gasteiger partial charge on any atom is -0.377 e. The van der Waals surface area contributed by atoms with E-state index >= 15 is 0 Å². The Morgan fingerprint density at radius 2 is 1.89 bits per heavy atom. The molecule has 2 unspecified atom stereocenters. The highest BCUT2D eigenvalue weighted by molar-refractivity contribution is 7.90. The first-order chi connectivity index (χ1) is 12.6. The van der Waals surface area contributed by atoms with Gasteiger partial charge in [0.15, 0.2) is 15.8 Å². The van der Waals surface area contributed by atoms with Gasteiger partial charge in [-0.15, -0.1) is 0 Å². The molecular formula is C20H33N3O3S. The van der Waals surface area contributed by atoms with Crippen molar-refractivity contribution in [1.82, 2.24) is 10.6 Å². The van der Waals surface area contributed by atoms with Crippen LogP contribution >= 0.6 is 0 Å². The first-order valence-corrected chi connectivity index (χ1v) is 11.4. The zero-order chi connectivity index (χ0) is 20.1. The van der Waals surface area contributed by atoms with Crippen LogP contribution in [0, 0.1) is 11.3 Å². The third kappa shape index (κ3) is 6.50. The molecule has 152 valence electrons. The molecule has 0 spiro atoms. The molecule has 27 heavy (non-hydrogen) atoms. The molecule has 2 atom stereocenters. The summed E-state index contributed by atoms with van der Waals surface area (Å²) < 4.78 is 29.1.